The quantitative estimate of drug-likeness (QED) is 0.857. The smallest absolute Gasteiger partial charge is 0.223 e. The van der Waals surface area contributed by atoms with E-state index in [1.54, 1.807) is 24.5 Å². The molecule has 0 aliphatic rings. The predicted octanol–water partition coefficient (Wildman–Crippen LogP) is 1.82. The first-order valence-corrected chi connectivity index (χ1v) is 6.14. The Balaban J connectivity index is 1.82. The predicted molar refractivity (Wildman–Crippen MR) is 72.1 cm³/mol. The number of pyridine rings is 1. The second-order valence-corrected chi connectivity index (χ2v) is 4.27. The SMILES string of the molecule is O=C(CC(O)c1ccccc1)NCc1cccnc1. The van der Waals surface area contributed by atoms with Crippen LogP contribution in [0.2, 0.25) is 0 Å². The first-order chi connectivity index (χ1) is 9.25. The van der Waals surface area contributed by atoms with Crippen LogP contribution < -0.4 is 5.32 Å². The molecular formula is C15H16N2O2. The molecule has 2 aromatic rings. The first kappa shape index (κ1) is 13.2. The van der Waals surface area contributed by atoms with E-state index in [1.165, 1.54) is 0 Å². The van der Waals surface area contributed by atoms with Crippen LogP contribution in [0.1, 0.15) is 23.7 Å². The molecule has 0 spiro atoms. The number of carbonyl (C=O) groups excluding carboxylic acids is 1. The van der Waals surface area contributed by atoms with Gasteiger partial charge in [0.1, 0.15) is 0 Å². The summed E-state index contributed by atoms with van der Waals surface area (Å²) >= 11 is 0. The van der Waals surface area contributed by atoms with Gasteiger partial charge in [0, 0.05) is 18.9 Å². The van der Waals surface area contributed by atoms with Gasteiger partial charge in [-0.3, -0.25) is 9.78 Å². The van der Waals surface area contributed by atoms with E-state index in [-0.39, 0.29) is 12.3 Å². The fraction of sp³-hybridized carbons (Fsp3) is 0.200. The van der Waals surface area contributed by atoms with Crippen LogP contribution >= 0.6 is 0 Å². The minimum Gasteiger partial charge on any atom is -0.388 e. The van der Waals surface area contributed by atoms with Gasteiger partial charge in [0.2, 0.25) is 5.91 Å². The molecule has 4 heteroatoms. The van der Waals surface area contributed by atoms with E-state index in [9.17, 15) is 9.90 Å². The van der Waals surface area contributed by atoms with E-state index >= 15 is 0 Å². The Bertz CT molecular complexity index is 514. The number of benzene rings is 1. The molecule has 4 nitrogen and oxygen atoms in total. The van der Waals surface area contributed by atoms with Crippen LogP contribution in [-0.4, -0.2) is 16.0 Å². The Labute approximate surface area is 112 Å². The molecule has 0 aliphatic carbocycles. The number of nitrogens with one attached hydrogen (secondary N) is 1. The zero-order chi connectivity index (χ0) is 13.5. The number of aliphatic hydroxyl groups is 1. The normalized spacial score (nSPS) is 11.8. The fourth-order valence-corrected chi connectivity index (χ4v) is 1.74. The summed E-state index contributed by atoms with van der Waals surface area (Å²) in [6.45, 7) is 0.425. The Hall–Kier alpha value is -2.20. The number of nitrogens with zero attached hydrogens (tertiary/aromatic N) is 1. The zero-order valence-corrected chi connectivity index (χ0v) is 10.5. The first-order valence-electron chi connectivity index (χ1n) is 6.14. The van der Waals surface area contributed by atoms with Crippen LogP contribution in [0.5, 0.6) is 0 Å². The summed E-state index contributed by atoms with van der Waals surface area (Å²) < 4.78 is 0. The molecule has 2 N–H and O–H groups in total. The van der Waals surface area contributed by atoms with Crippen molar-refractivity contribution in [3.8, 4) is 0 Å². The summed E-state index contributed by atoms with van der Waals surface area (Å²) in [5.74, 6) is -0.180. The lowest BCUT2D eigenvalue weighted by Gasteiger charge is -2.11. The van der Waals surface area contributed by atoms with Crippen molar-refractivity contribution in [1.82, 2.24) is 10.3 Å². The highest BCUT2D eigenvalue weighted by Crippen LogP contribution is 2.15. The summed E-state index contributed by atoms with van der Waals surface area (Å²) in [6, 6.07) is 12.9. The fourth-order valence-electron chi connectivity index (χ4n) is 1.74. The number of hydrogen-bond donors (Lipinski definition) is 2. The molecule has 0 bridgehead atoms. The van der Waals surface area contributed by atoms with Crippen molar-refractivity contribution in [3.63, 3.8) is 0 Å². The Morgan fingerprint density at radius 2 is 2.00 bits per heavy atom. The minimum absolute atomic E-state index is 0.0598. The second kappa shape index (κ2) is 6.66. The molecule has 1 unspecified atom stereocenters. The van der Waals surface area contributed by atoms with Crippen molar-refractivity contribution in [2.45, 2.75) is 19.1 Å². The van der Waals surface area contributed by atoms with Crippen LogP contribution in [-0.2, 0) is 11.3 Å². The summed E-state index contributed by atoms with van der Waals surface area (Å²) in [5, 5.41) is 12.7. The molecule has 98 valence electrons. The lowest BCUT2D eigenvalue weighted by molar-refractivity contribution is -0.123. The van der Waals surface area contributed by atoms with Crippen molar-refractivity contribution in [2.24, 2.45) is 0 Å². The second-order valence-electron chi connectivity index (χ2n) is 4.27. The van der Waals surface area contributed by atoms with E-state index in [0.717, 1.165) is 11.1 Å². The molecule has 0 radical (unpaired) electrons. The Morgan fingerprint density at radius 3 is 2.68 bits per heavy atom. The monoisotopic (exact) mass is 256 g/mol. The maximum atomic E-state index is 11.7. The van der Waals surface area contributed by atoms with E-state index < -0.39 is 6.10 Å². The van der Waals surface area contributed by atoms with Crippen molar-refractivity contribution < 1.29 is 9.90 Å². The van der Waals surface area contributed by atoms with Gasteiger partial charge in [-0.2, -0.15) is 0 Å². The number of aromatic nitrogens is 1. The van der Waals surface area contributed by atoms with Crippen LogP contribution in [0, 0.1) is 0 Å². The average molecular weight is 256 g/mol. The van der Waals surface area contributed by atoms with Crippen LogP contribution in [0.25, 0.3) is 0 Å². The molecule has 2 rings (SSSR count). The van der Waals surface area contributed by atoms with Gasteiger partial charge >= 0.3 is 0 Å². The summed E-state index contributed by atoms with van der Waals surface area (Å²) in [4.78, 5) is 15.7. The summed E-state index contributed by atoms with van der Waals surface area (Å²) in [5.41, 5.74) is 1.68. The number of amides is 1. The highest BCUT2D eigenvalue weighted by molar-refractivity contribution is 5.76. The molecule has 1 amide bonds. The van der Waals surface area contributed by atoms with Crippen molar-refractivity contribution in [2.75, 3.05) is 0 Å². The standard InChI is InChI=1S/C15H16N2O2/c18-14(13-6-2-1-3-7-13)9-15(19)17-11-12-5-4-8-16-10-12/h1-8,10,14,18H,9,11H2,(H,17,19). The van der Waals surface area contributed by atoms with E-state index in [4.69, 9.17) is 0 Å². The zero-order valence-electron chi connectivity index (χ0n) is 10.5. The highest BCUT2D eigenvalue weighted by atomic mass is 16.3. The lowest BCUT2D eigenvalue weighted by Crippen LogP contribution is -2.24. The average Bonchev–Trinajstić information content (AvgIpc) is 2.47. The van der Waals surface area contributed by atoms with E-state index in [0.29, 0.717) is 6.54 Å². The van der Waals surface area contributed by atoms with Crippen molar-refractivity contribution >= 4 is 5.91 Å². The van der Waals surface area contributed by atoms with Gasteiger partial charge < -0.3 is 10.4 Å². The Kier molecular flexibility index (Phi) is 4.64. The van der Waals surface area contributed by atoms with E-state index in [1.807, 2.05) is 30.3 Å². The maximum Gasteiger partial charge on any atom is 0.223 e. The third kappa shape index (κ3) is 4.19. The largest absolute Gasteiger partial charge is 0.388 e. The molecule has 19 heavy (non-hydrogen) atoms. The minimum atomic E-state index is -0.768. The summed E-state index contributed by atoms with van der Waals surface area (Å²) in [7, 11) is 0. The molecule has 0 saturated carbocycles. The van der Waals surface area contributed by atoms with Gasteiger partial charge in [-0.05, 0) is 17.2 Å². The molecule has 1 heterocycles. The summed E-state index contributed by atoms with van der Waals surface area (Å²) in [6.07, 6.45) is 2.68. The Morgan fingerprint density at radius 1 is 1.21 bits per heavy atom. The molecule has 1 aromatic carbocycles. The third-order valence-electron chi connectivity index (χ3n) is 2.78. The number of rotatable bonds is 5. The van der Waals surface area contributed by atoms with Gasteiger partial charge in [-0.25, -0.2) is 0 Å². The third-order valence-corrected chi connectivity index (χ3v) is 2.78. The van der Waals surface area contributed by atoms with Crippen molar-refractivity contribution in [3.05, 3.63) is 66.0 Å². The van der Waals surface area contributed by atoms with E-state index in [2.05, 4.69) is 10.3 Å². The van der Waals surface area contributed by atoms with Gasteiger partial charge in [0.15, 0.2) is 0 Å². The van der Waals surface area contributed by atoms with Gasteiger partial charge in [-0.15, -0.1) is 0 Å². The topological polar surface area (TPSA) is 62.2 Å². The van der Waals surface area contributed by atoms with Crippen LogP contribution in [0.15, 0.2) is 54.9 Å². The maximum absolute atomic E-state index is 11.7. The molecular weight excluding hydrogens is 240 g/mol. The van der Waals surface area contributed by atoms with Crippen molar-refractivity contribution in [1.29, 1.82) is 0 Å². The van der Waals surface area contributed by atoms with Crippen LogP contribution in [0.4, 0.5) is 0 Å². The lowest BCUT2D eigenvalue weighted by atomic mass is 10.1. The van der Waals surface area contributed by atoms with Gasteiger partial charge in [0.25, 0.3) is 0 Å². The highest BCUT2D eigenvalue weighted by Gasteiger charge is 2.12. The van der Waals surface area contributed by atoms with Gasteiger partial charge in [-0.1, -0.05) is 36.4 Å². The number of hydrogen-bond acceptors (Lipinski definition) is 3. The molecule has 1 atom stereocenters. The number of carbonyl (C=O) groups is 1. The van der Waals surface area contributed by atoms with Crippen LogP contribution in [0.3, 0.4) is 0 Å². The van der Waals surface area contributed by atoms with Gasteiger partial charge in [0.05, 0.1) is 12.5 Å². The molecule has 1 aromatic heterocycles. The molecule has 0 aliphatic heterocycles. The number of aliphatic hydroxyl groups excluding tert-OH is 1. The molecule has 0 fully saturated rings. The molecule has 0 saturated heterocycles.